The Morgan fingerprint density at radius 1 is 1.35 bits per heavy atom. The molecule has 3 rings (SSSR count). The summed E-state index contributed by atoms with van der Waals surface area (Å²) in [7, 11) is 0. The Morgan fingerprint density at radius 3 is 2.96 bits per heavy atom. The molecular formula is C19H24N2OS. The maximum absolute atomic E-state index is 12.0. The first-order valence-electron chi connectivity index (χ1n) is 8.49. The first-order valence-corrected chi connectivity index (χ1v) is 9.31. The SMILES string of the molecule is Cc1cccc(Cc2cnc(NC(=O)CCC3CCCC3)s2)c1. The zero-order valence-corrected chi connectivity index (χ0v) is 14.5. The smallest absolute Gasteiger partial charge is 0.226 e. The molecule has 1 heterocycles. The third-order valence-electron chi connectivity index (χ3n) is 4.52. The van der Waals surface area contributed by atoms with Gasteiger partial charge in [-0.3, -0.25) is 4.79 Å². The van der Waals surface area contributed by atoms with Crippen LogP contribution in [0.1, 0.15) is 54.5 Å². The highest BCUT2D eigenvalue weighted by atomic mass is 32.1. The van der Waals surface area contributed by atoms with Crippen molar-refractivity contribution < 1.29 is 4.79 Å². The lowest BCUT2D eigenvalue weighted by Gasteiger charge is -2.07. The minimum atomic E-state index is 0.105. The van der Waals surface area contributed by atoms with Gasteiger partial charge in [-0.2, -0.15) is 0 Å². The first-order chi connectivity index (χ1) is 11.2. The van der Waals surface area contributed by atoms with E-state index >= 15 is 0 Å². The Bertz CT molecular complexity index is 659. The van der Waals surface area contributed by atoms with Gasteiger partial charge in [0, 0.05) is 23.9 Å². The Kier molecular flexibility index (Phi) is 5.44. The lowest BCUT2D eigenvalue weighted by molar-refractivity contribution is -0.116. The summed E-state index contributed by atoms with van der Waals surface area (Å²) in [5, 5.41) is 3.68. The third-order valence-corrected chi connectivity index (χ3v) is 5.43. The molecule has 0 aliphatic heterocycles. The predicted octanol–water partition coefficient (Wildman–Crippen LogP) is 4.95. The lowest BCUT2D eigenvalue weighted by Crippen LogP contribution is -2.12. The molecule has 1 N–H and O–H groups in total. The van der Waals surface area contributed by atoms with Gasteiger partial charge < -0.3 is 5.32 Å². The van der Waals surface area contributed by atoms with E-state index in [-0.39, 0.29) is 5.91 Å². The second kappa shape index (κ2) is 7.73. The van der Waals surface area contributed by atoms with Crippen molar-refractivity contribution in [1.29, 1.82) is 0 Å². The third kappa shape index (κ3) is 4.90. The van der Waals surface area contributed by atoms with Gasteiger partial charge in [-0.25, -0.2) is 4.98 Å². The number of amides is 1. The molecule has 3 nitrogen and oxygen atoms in total. The van der Waals surface area contributed by atoms with Gasteiger partial charge in [0.15, 0.2) is 5.13 Å². The van der Waals surface area contributed by atoms with Crippen LogP contribution in [0.3, 0.4) is 0 Å². The first kappa shape index (κ1) is 16.2. The topological polar surface area (TPSA) is 42.0 Å². The highest BCUT2D eigenvalue weighted by molar-refractivity contribution is 7.15. The van der Waals surface area contributed by atoms with Crippen LogP contribution in [-0.4, -0.2) is 10.9 Å². The summed E-state index contributed by atoms with van der Waals surface area (Å²) >= 11 is 1.58. The fraction of sp³-hybridized carbons (Fsp3) is 0.474. The van der Waals surface area contributed by atoms with E-state index in [1.165, 1.54) is 41.7 Å². The molecule has 0 radical (unpaired) electrons. The van der Waals surface area contributed by atoms with Crippen molar-refractivity contribution in [3.8, 4) is 0 Å². The number of hydrogen-bond donors (Lipinski definition) is 1. The van der Waals surface area contributed by atoms with E-state index in [0.29, 0.717) is 6.42 Å². The quantitative estimate of drug-likeness (QED) is 0.815. The number of rotatable bonds is 6. The number of carbonyl (C=O) groups excluding carboxylic acids is 1. The Labute approximate surface area is 142 Å². The van der Waals surface area contributed by atoms with E-state index in [1.54, 1.807) is 11.3 Å². The number of nitrogens with zero attached hydrogens (tertiary/aromatic N) is 1. The molecule has 0 unspecified atom stereocenters. The summed E-state index contributed by atoms with van der Waals surface area (Å²) in [6.07, 6.45) is 9.65. The second-order valence-corrected chi connectivity index (χ2v) is 7.65. The molecule has 1 aliphatic rings. The van der Waals surface area contributed by atoms with E-state index in [0.717, 1.165) is 23.9 Å². The Balaban J connectivity index is 1.49. The van der Waals surface area contributed by atoms with E-state index < -0.39 is 0 Å². The van der Waals surface area contributed by atoms with Crippen molar-refractivity contribution >= 4 is 22.4 Å². The van der Waals surface area contributed by atoms with Gasteiger partial charge in [0.1, 0.15) is 0 Å². The van der Waals surface area contributed by atoms with Crippen LogP contribution in [0.5, 0.6) is 0 Å². The van der Waals surface area contributed by atoms with Gasteiger partial charge >= 0.3 is 0 Å². The van der Waals surface area contributed by atoms with Crippen LogP contribution < -0.4 is 5.32 Å². The monoisotopic (exact) mass is 328 g/mol. The fourth-order valence-corrected chi connectivity index (χ4v) is 4.15. The molecule has 0 saturated heterocycles. The largest absolute Gasteiger partial charge is 0.302 e. The molecule has 1 amide bonds. The molecule has 23 heavy (non-hydrogen) atoms. The number of aromatic nitrogens is 1. The Morgan fingerprint density at radius 2 is 2.17 bits per heavy atom. The van der Waals surface area contributed by atoms with Crippen molar-refractivity contribution in [1.82, 2.24) is 4.98 Å². The average molecular weight is 328 g/mol. The normalized spacial score (nSPS) is 15.0. The summed E-state index contributed by atoms with van der Waals surface area (Å²) in [4.78, 5) is 17.6. The highest BCUT2D eigenvalue weighted by Gasteiger charge is 2.16. The molecule has 2 aromatic rings. The van der Waals surface area contributed by atoms with Crippen molar-refractivity contribution in [2.75, 3.05) is 5.32 Å². The molecule has 1 saturated carbocycles. The van der Waals surface area contributed by atoms with Crippen LogP contribution in [0, 0.1) is 12.8 Å². The predicted molar refractivity (Wildman–Crippen MR) is 95.9 cm³/mol. The number of anilines is 1. The van der Waals surface area contributed by atoms with E-state index in [4.69, 9.17) is 0 Å². The number of benzene rings is 1. The minimum Gasteiger partial charge on any atom is -0.302 e. The summed E-state index contributed by atoms with van der Waals surface area (Å²) in [5.74, 6) is 0.863. The van der Waals surface area contributed by atoms with Crippen LogP contribution in [0.2, 0.25) is 0 Å². The summed E-state index contributed by atoms with van der Waals surface area (Å²) in [6.45, 7) is 2.10. The molecule has 0 bridgehead atoms. The van der Waals surface area contributed by atoms with E-state index in [2.05, 4.69) is 41.5 Å². The average Bonchev–Trinajstić information content (AvgIpc) is 3.17. The van der Waals surface area contributed by atoms with Crippen molar-refractivity contribution in [2.45, 2.75) is 51.9 Å². The molecule has 1 fully saturated rings. The summed E-state index contributed by atoms with van der Waals surface area (Å²) in [6, 6.07) is 8.51. The molecule has 122 valence electrons. The highest BCUT2D eigenvalue weighted by Crippen LogP contribution is 2.29. The Hall–Kier alpha value is -1.68. The summed E-state index contributed by atoms with van der Waals surface area (Å²) in [5.41, 5.74) is 2.56. The maximum atomic E-state index is 12.0. The molecular weight excluding hydrogens is 304 g/mol. The fourth-order valence-electron chi connectivity index (χ4n) is 3.29. The molecule has 1 aliphatic carbocycles. The molecule has 4 heteroatoms. The van der Waals surface area contributed by atoms with E-state index in [9.17, 15) is 4.79 Å². The molecule has 1 aromatic heterocycles. The number of hydrogen-bond acceptors (Lipinski definition) is 3. The minimum absolute atomic E-state index is 0.105. The van der Waals surface area contributed by atoms with Gasteiger partial charge in [0.2, 0.25) is 5.91 Å². The van der Waals surface area contributed by atoms with Crippen molar-refractivity contribution in [2.24, 2.45) is 5.92 Å². The zero-order chi connectivity index (χ0) is 16.1. The number of carbonyl (C=O) groups is 1. The van der Waals surface area contributed by atoms with Crippen LogP contribution in [-0.2, 0) is 11.2 Å². The number of aryl methyl sites for hydroxylation is 1. The number of nitrogens with one attached hydrogen (secondary N) is 1. The van der Waals surface area contributed by atoms with Gasteiger partial charge in [0.25, 0.3) is 0 Å². The summed E-state index contributed by atoms with van der Waals surface area (Å²) < 4.78 is 0. The van der Waals surface area contributed by atoms with Crippen molar-refractivity contribution in [3.63, 3.8) is 0 Å². The second-order valence-electron chi connectivity index (χ2n) is 6.53. The molecule has 0 spiro atoms. The van der Waals surface area contributed by atoms with Crippen LogP contribution in [0.25, 0.3) is 0 Å². The van der Waals surface area contributed by atoms with Crippen LogP contribution in [0.15, 0.2) is 30.5 Å². The number of thiazole rings is 1. The van der Waals surface area contributed by atoms with Gasteiger partial charge in [-0.05, 0) is 24.8 Å². The van der Waals surface area contributed by atoms with Crippen LogP contribution >= 0.6 is 11.3 Å². The maximum Gasteiger partial charge on any atom is 0.226 e. The van der Waals surface area contributed by atoms with Gasteiger partial charge in [-0.15, -0.1) is 11.3 Å². The van der Waals surface area contributed by atoms with Gasteiger partial charge in [-0.1, -0.05) is 55.5 Å². The lowest BCUT2D eigenvalue weighted by atomic mass is 10.0. The van der Waals surface area contributed by atoms with Crippen molar-refractivity contribution in [3.05, 3.63) is 46.5 Å². The van der Waals surface area contributed by atoms with E-state index in [1.807, 2.05) is 6.20 Å². The van der Waals surface area contributed by atoms with Crippen LogP contribution in [0.4, 0.5) is 5.13 Å². The molecule has 0 atom stereocenters. The molecule has 1 aromatic carbocycles. The standard InChI is InChI=1S/C19H24N2OS/c1-14-5-4-8-16(11-14)12-17-13-20-19(23-17)21-18(22)10-9-15-6-2-3-7-15/h4-5,8,11,13,15H,2-3,6-7,9-10,12H2,1H3,(H,20,21,22). The van der Waals surface area contributed by atoms with Gasteiger partial charge in [0.05, 0.1) is 0 Å². The zero-order valence-electron chi connectivity index (χ0n) is 13.7.